The number of nitro groups is 1. The quantitative estimate of drug-likeness (QED) is 0.455. The molecule has 1 amide bonds. The Morgan fingerprint density at radius 2 is 1.93 bits per heavy atom. The molecule has 1 heterocycles. The first-order valence-corrected chi connectivity index (χ1v) is 9.99. The van der Waals surface area contributed by atoms with Gasteiger partial charge >= 0.3 is 5.69 Å². The number of nitrogen functional groups attached to an aromatic ring is 1. The van der Waals surface area contributed by atoms with Gasteiger partial charge in [-0.05, 0) is 25.0 Å². The molecule has 0 unspecified atom stereocenters. The average molecular weight is 438 g/mol. The highest BCUT2D eigenvalue weighted by Gasteiger charge is 2.26. The van der Waals surface area contributed by atoms with Crippen LogP contribution in [0.3, 0.4) is 0 Å². The number of amides is 1. The third-order valence-corrected chi connectivity index (χ3v) is 4.91. The summed E-state index contributed by atoms with van der Waals surface area (Å²) in [6, 6.07) is 3.65. The normalized spacial score (nSPS) is 10.8. The van der Waals surface area contributed by atoms with E-state index >= 15 is 0 Å². The number of aromatic nitrogens is 2. The molecule has 0 fully saturated rings. The number of nitrogens with zero attached hydrogens (tertiary/aromatic N) is 3. The number of unbranched alkanes of at least 4 members (excludes halogenated alkanes) is 2. The van der Waals surface area contributed by atoms with Gasteiger partial charge in [0.1, 0.15) is 10.8 Å². The van der Waals surface area contributed by atoms with Crippen molar-refractivity contribution < 1.29 is 9.72 Å². The monoisotopic (exact) mass is 437 g/mol. The number of halogens is 1. The predicted molar refractivity (Wildman–Crippen MR) is 115 cm³/mol. The topological polar surface area (TPSA) is 144 Å². The molecule has 30 heavy (non-hydrogen) atoms. The summed E-state index contributed by atoms with van der Waals surface area (Å²) < 4.78 is 1.22. The van der Waals surface area contributed by atoms with Crippen LogP contribution in [-0.2, 0) is 6.54 Å². The Balaban J connectivity index is 2.62. The fourth-order valence-electron chi connectivity index (χ4n) is 2.95. The molecule has 2 rings (SSSR count). The van der Waals surface area contributed by atoms with Gasteiger partial charge in [-0.25, -0.2) is 4.79 Å². The number of hydrogen-bond donors (Lipinski definition) is 2. The van der Waals surface area contributed by atoms with Crippen molar-refractivity contribution in [3.8, 4) is 0 Å². The number of H-pyrrole nitrogens is 1. The molecular formula is C19H24ClN5O5. The smallest absolute Gasteiger partial charge is 0.330 e. The minimum atomic E-state index is -0.793. The second-order valence-corrected chi connectivity index (χ2v) is 7.14. The highest BCUT2D eigenvalue weighted by molar-refractivity contribution is 6.32. The van der Waals surface area contributed by atoms with Crippen molar-refractivity contribution in [3.05, 3.63) is 59.7 Å². The lowest BCUT2D eigenvalue weighted by Gasteiger charge is -2.24. The summed E-state index contributed by atoms with van der Waals surface area (Å²) in [5, 5.41) is 11.1. The standard InChI is InChI=1S/C19H24ClN5O5/c1-3-5-9-23(18(27)12-7-8-13(20)14(11-12)25(29)30)15-16(21)24(10-6-4-2)19(28)22-17(15)26/h7-8,11H,3-6,9-10,21H2,1-2H3,(H,22,26,28). The van der Waals surface area contributed by atoms with E-state index < -0.39 is 27.8 Å². The molecule has 0 atom stereocenters. The molecule has 1 aromatic heterocycles. The van der Waals surface area contributed by atoms with E-state index in [-0.39, 0.29) is 35.2 Å². The molecule has 2 aromatic rings. The van der Waals surface area contributed by atoms with Gasteiger partial charge in [0.25, 0.3) is 17.2 Å². The van der Waals surface area contributed by atoms with E-state index in [0.717, 1.165) is 23.8 Å². The van der Waals surface area contributed by atoms with Crippen LogP contribution in [0.25, 0.3) is 0 Å². The second kappa shape index (κ2) is 10.1. The summed E-state index contributed by atoms with van der Waals surface area (Å²) in [5.41, 5.74) is 4.09. The van der Waals surface area contributed by atoms with Gasteiger partial charge in [-0.15, -0.1) is 0 Å². The number of carbonyl (C=O) groups excluding carboxylic acids is 1. The third-order valence-electron chi connectivity index (χ3n) is 4.59. The van der Waals surface area contributed by atoms with Crippen LogP contribution in [0.15, 0.2) is 27.8 Å². The van der Waals surface area contributed by atoms with Gasteiger partial charge in [0.2, 0.25) is 0 Å². The third kappa shape index (κ3) is 4.88. The Hall–Kier alpha value is -3.14. The van der Waals surface area contributed by atoms with Crippen LogP contribution in [0.5, 0.6) is 0 Å². The molecular weight excluding hydrogens is 414 g/mol. The molecule has 0 spiro atoms. The zero-order valence-electron chi connectivity index (χ0n) is 16.8. The number of benzene rings is 1. The summed E-state index contributed by atoms with van der Waals surface area (Å²) in [6.45, 7) is 4.28. The van der Waals surface area contributed by atoms with Crippen molar-refractivity contribution in [2.24, 2.45) is 0 Å². The Morgan fingerprint density at radius 3 is 2.53 bits per heavy atom. The molecule has 0 saturated heterocycles. The molecule has 1 aromatic carbocycles. The lowest BCUT2D eigenvalue weighted by atomic mass is 10.1. The van der Waals surface area contributed by atoms with Gasteiger partial charge < -0.3 is 10.6 Å². The highest BCUT2D eigenvalue weighted by Crippen LogP contribution is 2.27. The molecule has 0 saturated carbocycles. The summed E-state index contributed by atoms with van der Waals surface area (Å²) in [5.74, 6) is -0.772. The van der Waals surface area contributed by atoms with Gasteiger partial charge in [-0.2, -0.15) is 0 Å². The minimum Gasteiger partial charge on any atom is -0.383 e. The van der Waals surface area contributed by atoms with Gasteiger partial charge in [0.15, 0.2) is 5.69 Å². The molecule has 0 radical (unpaired) electrons. The molecule has 3 N–H and O–H groups in total. The van der Waals surface area contributed by atoms with Crippen molar-refractivity contribution in [1.82, 2.24) is 9.55 Å². The first-order chi connectivity index (χ1) is 14.2. The summed E-state index contributed by atoms with van der Waals surface area (Å²) in [6.07, 6.45) is 2.72. The van der Waals surface area contributed by atoms with Gasteiger partial charge in [-0.3, -0.25) is 29.3 Å². The maximum atomic E-state index is 13.2. The fourth-order valence-corrected chi connectivity index (χ4v) is 3.14. The van der Waals surface area contributed by atoms with E-state index in [9.17, 15) is 24.5 Å². The number of nitrogens with one attached hydrogen (secondary N) is 1. The average Bonchev–Trinajstić information content (AvgIpc) is 2.69. The van der Waals surface area contributed by atoms with E-state index in [1.54, 1.807) is 0 Å². The molecule has 11 heteroatoms. The number of carbonyl (C=O) groups is 1. The van der Waals surface area contributed by atoms with Crippen molar-refractivity contribution in [2.45, 2.75) is 46.1 Å². The maximum absolute atomic E-state index is 13.2. The predicted octanol–water partition coefficient (Wildman–Crippen LogP) is 2.93. The first kappa shape index (κ1) is 23.1. The van der Waals surface area contributed by atoms with E-state index in [4.69, 9.17) is 17.3 Å². The van der Waals surface area contributed by atoms with Gasteiger partial charge in [-0.1, -0.05) is 38.3 Å². The van der Waals surface area contributed by atoms with Crippen molar-refractivity contribution >= 4 is 34.7 Å². The van der Waals surface area contributed by atoms with E-state index in [0.29, 0.717) is 12.8 Å². The zero-order valence-corrected chi connectivity index (χ0v) is 17.6. The Morgan fingerprint density at radius 1 is 1.27 bits per heavy atom. The van der Waals surface area contributed by atoms with Crippen molar-refractivity contribution in [1.29, 1.82) is 0 Å². The molecule has 0 bridgehead atoms. The number of rotatable bonds is 9. The summed E-state index contributed by atoms with van der Waals surface area (Å²) in [7, 11) is 0. The van der Waals surface area contributed by atoms with E-state index in [1.165, 1.54) is 16.7 Å². The number of nitrogens with two attached hydrogens (primary N) is 1. The summed E-state index contributed by atoms with van der Waals surface area (Å²) >= 11 is 5.83. The Kier molecular flexibility index (Phi) is 7.76. The first-order valence-electron chi connectivity index (χ1n) is 9.61. The Bertz CT molecular complexity index is 1060. The SMILES string of the molecule is CCCCN(C(=O)c1ccc(Cl)c([N+](=O)[O-])c1)c1c(N)n(CCCC)c(=O)[nH]c1=O. The van der Waals surface area contributed by atoms with E-state index in [1.807, 2.05) is 13.8 Å². The largest absolute Gasteiger partial charge is 0.383 e. The number of hydrogen-bond acceptors (Lipinski definition) is 6. The lowest BCUT2D eigenvalue weighted by molar-refractivity contribution is -0.384. The second-order valence-electron chi connectivity index (χ2n) is 6.73. The van der Waals surface area contributed by atoms with E-state index in [2.05, 4.69) is 4.98 Å². The summed E-state index contributed by atoms with van der Waals surface area (Å²) in [4.78, 5) is 51.8. The van der Waals surface area contributed by atoms with Crippen LogP contribution in [0.1, 0.15) is 49.9 Å². The van der Waals surface area contributed by atoms with Crippen LogP contribution in [0.2, 0.25) is 5.02 Å². The molecule has 0 aliphatic carbocycles. The van der Waals surface area contributed by atoms with Crippen molar-refractivity contribution in [2.75, 3.05) is 17.2 Å². The number of anilines is 2. The van der Waals surface area contributed by atoms with Gasteiger partial charge in [0.05, 0.1) is 4.92 Å². The Labute approximate surface area is 177 Å². The maximum Gasteiger partial charge on any atom is 0.330 e. The fraction of sp³-hybridized carbons (Fsp3) is 0.421. The highest BCUT2D eigenvalue weighted by atomic mass is 35.5. The number of aromatic amines is 1. The van der Waals surface area contributed by atoms with Crippen LogP contribution in [0.4, 0.5) is 17.2 Å². The lowest BCUT2D eigenvalue weighted by Crippen LogP contribution is -2.41. The molecule has 162 valence electrons. The minimum absolute atomic E-state index is 0.0210. The van der Waals surface area contributed by atoms with Crippen molar-refractivity contribution in [3.63, 3.8) is 0 Å². The van der Waals surface area contributed by atoms with Crippen LogP contribution < -0.4 is 21.9 Å². The molecule has 0 aliphatic rings. The number of nitro benzene ring substituents is 1. The molecule has 10 nitrogen and oxygen atoms in total. The van der Waals surface area contributed by atoms with Gasteiger partial charge in [0, 0.05) is 24.7 Å². The van der Waals surface area contributed by atoms with Crippen LogP contribution in [0, 0.1) is 10.1 Å². The van der Waals surface area contributed by atoms with Crippen LogP contribution in [-0.4, -0.2) is 26.9 Å². The van der Waals surface area contributed by atoms with Crippen LogP contribution >= 0.6 is 11.6 Å². The molecule has 0 aliphatic heterocycles. The zero-order chi connectivity index (χ0) is 22.4.